The Bertz CT molecular complexity index is 1820. The van der Waals surface area contributed by atoms with E-state index in [0.29, 0.717) is 39.6 Å². The van der Waals surface area contributed by atoms with E-state index in [2.05, 4.69) is 31.9 Å². The van der Waals surface area contributed by atoms with Crippen molar-refractivity contribution >= 4 is 34.1 Å². The zero-order chi connectivity index (χ0) is 28.1. The summed E-state index contributed by atoms with van der Waals surface area (Å²) >= 11 is 0. The number of nitrogens with one attached hydrogen (secondary N) is 1. The minimum atomic E-state index is -0.461. The van der Waals surface area contributed by atoms with Crippen LogP contribution in [0.5, 0.6) is 11.5 Å². The lowest BCUT2D eigenvalue weighted by Gasteiger charge is -2.35. The monoisotopic (exact) mass is 550 g/mol. The molecule has 0 spiro atoms. The molecule has 41 heavy (non-hydrogen) atoms. The van der Waals surface area contributed by atoms with Gasteiger partial charge in [-0.15, -0.1) is 0 Å². The molecule has 1 aromatic carbocycles. The van der Waals surface area contributed by atoms with Gasteiger partial charge < -0.3 is 15.0 Å². The van der Waals surface area contributed by atoms with Crippen molar-refractivity contribution in [3.63, 3.8) is 0 Å². The Morgan fingerprint density at radius 3 is 2.93 bits per heavy atom. The summed E-state index contributed by atoms with van der Waals surface area (Å²) in [6, 6.07) is 11.0. The molecule has 1 amide bonds. The number of pyridine rings is 2. The number of nitrogens with zero attached hydrogens (tertiary/aromatic N) is 7. The summed E-state index contributed by atoms with van der Waals surface area (Å²) in [5.74, 6) is 0.938. The predicted octanol–water partition coefficient (Wildman–Crippen LogP) is 5.47. The lowest BCUT2D eigenvalue weighted by Crippen LogP contribution is -2.44. The topological polar surface area (TPSA) is 110 Å². The minimum Gasteiger partial charge on any atom is -0.457 e. The van der Waals surface area contributed by atoms with Crippen LogP contribution in [0.25, 0.3) is 16.7 Å². The van der Waals surface area contributed by atoms with Crippen molar-refractivity contribution in [3.8, 4) is 11.5 Å². The first-order valence-electron chi connectivity index (χ1n) is 13.6. The first kappa shape index (κ1) is 25.1. The van der Waals surface area contributed by atoms with Crippen LogP contribution in [0.3, 0.4) is 0 Å². The zero-order valence-corrected chi connectivity index (χ0v) is 22.4. The van der Waals surface area contributed by atoms with Gasteiger partial charge in [0.25, 0.3) is 0 Å². The number of carbonyl (C=O) groups excluding carboxylic acids is 1. The Kier molecular flexibility index (Phi) is 6.06. The molecule has 2 bridgehead atoms. The van der Waals surface area contributed by atoms with E-state index in [-0.39, 0.29) is 29.6 Å². The fourth-order valence-electron chi connectivity index (χ4n) is 6.20. The Hall–Kier alpha value is -4.93. The van der Waals surface area contributed by atoms with Gasteiger partial charge in [-0.1, -0.05) is 6.58 Å². The van der Waals surface area contributed by atoms with Crippen LogP contribution < -0.4 is 10.1 Å². The van der Waals surface area contributed by atoms with Crippen molar-refractivity contribution in [2.24, 2.45) is 0 Å². The lowest BCUT2D eigenvalue weighted by atomic mass is 9.93. The van der Waals surface area contributed by atoms with Gasteiger partial charge in [0.2, 0.25) is 5.91 Å². The van der Waals surface area contributed by atoms with Gasteiger partial charge in [0.05, 0.1) is 11.2 Å². The second-order valence-electron chi connectivity index (χ2n) is 10.5. The number of ether oxygens (including phenoxy) is 1. The molecule has 11 heteroatoms. The van der Waals surface area contributed by atoms with Crippen LogP contribution in [0.2, 0.25) is 0 Å². The molecule has 10 nitrogen and oxygen atoms in total. The average Bonchev–Trinajstić information content (AvgIpc) is 3.55. The molecule has 2 aliphatic heterocycles. The molecule has 0 saturated carbocycles. The number of hydrogen-bond donors (Lipinski definition) is 1. The molecule has 2 fully saturated rings. The number of aromatic nitrogens is 6. The van der Waals surface area contributed by atoms with Crippen LogP contribution in [-0.2, 0) is 4.79 Å². The molecule has 1 N–H and O–H groups in total. The van der Waals surface area contributed by atoms with E-state index >= 15 is 4.39 Å². The average molecular weight is 551 g/mol. The van der Waals surface area contributed by atoms with Gasteiger partial charge in [-0.2, -0.15) is 5.10 Å². The van der Waals surface area contributed by atoms with Crippen LogP contribution in [0.1, 0.15) is 42.9 Å². The fourth-order valence-corrected chi connectivity index (χ4v) is 6.20. The minimum absolute atomic E-state index is 0.0222. The van der Waals surface area contributed by atoms with Gasteiger partial charge in [0, 0.05) is 41.5 Å². The summed E-state index contributed by atoms with van der Waals surface area (Å²) in [6.45, 7) is 5.36. The van der Waals surface area contributed by atoms with Crippen LogP contribution in [0, 0.1) is 12.7 Å². The molecular weight excluding hydrogens is 523 g/mol. The van der Waals surface area contributed by atoms with Gasteiger partial charge in [-0.3, -0.25) is 4.79 Å². The molecule has 4 aromatic heterocycles. The number of rotatable bonds is 6. The molecular formula is C30H27FN8O2. The maximum atomic E-state index is 15.6. The normalized spacial score (nSPS) is 20.0. The molecule has 206 valence electrons. The molecule has 2 aliphatic rings. The fraction of sp³-hybridized carbons (Fsp3) is 0.267. The van der Waals surface area contributed by atoms with Crippen molar-refractivity contribution in [1.82, 2.24) is 34.4 Å². The second kappa shape index (κ2) is 9.92. The van der Waals surface area contributed by atoms with Crippen LogP contribution >= 0.6 is 0 Å². The summed E-state index contributed by atoms with van der Waals surface area (Å²) in [5.41, 5.74) is 3.29. The van der Waals surface area contributed by atoms with Crippen molar-refractivity contribution in [1.29, 1.82) is 0 Å². The summed E-state index contributed by atoms with van der Waals surface area (Å²) in [6.07, 6.45) is 9.89. The molecule has 0 aliphatic carbocycles. The number of carbonyl (C=O) groups is 1. The largest absolute Gasteiger partial charge is 0.457 e. The third-order valence-corrected chi connectivity index (χ3v) is 8.16. The smallest absolute Gasteiger partial charge is 0.246 e. The predicted molar refractivity (Wildman–Crippen MR) is 151 cm³/mol. The first-order valence-corrected chi connectivity index (χ1v) is 13.6. The van der Waals surface area contributed by atoms with Gasteiger partial charge in [0.1, 0.15) is 29.7 Å². The van der Waals surface area contributed by atoms with Crippen molar-refractivity contribution in [2.45, 2.75) is 50.6 Å². The van der Waals surface area contributed by atoms with Crippen molar-refractivity contribution in [3.05, 3.63) is 85.0 Å². The quantitative estimate of drug-likeness (QED) is 0.277. The van der Waals surface area contributed by atoms with Crippen LogP contribution in [0.4, 0.5) is 15.9 Å². The van der Waals surface area contributed by atoms with Crippen LogP contribution in [-0.4, -0.2) is 52.4 Å². The molecule has 5 aromatic rings. The standard InChI is InChI=1S/C30H27FN8O2/c1-3-27(40)39-18-5-4-6-24(39)20(13-18)21-7-8-23-29(36-21)30(34-15-32-23)37-22-9-10-25(17(2)28(22)31)41-19-11-12-38-26(14-19)33-16-35-38/h3,7-12,14-16,18,20,24H,1,4-6,13H2,2H3,(H,32,34,37). The Morgan fingerprint density at radius 1 is 1.15 bits per heavy atom. The number of amides is 1. The third-order valence-electron chi connectivity index (χ3n) is 8.16. The molecule has 0 radical (unpaired) electrons. The number of benzene rings is 1. The molecule has 2 saturated heterocycles. The molecule has 7 rings (SSSR count). The highest BCUT2D eigenvalue weighted by molar-refractivity contribution is 5.89. The van der Waals surface area contributed by atoms with E-state index in [1.807, 2.05) is 17.0 Å². The number of fused-ring (bicyclic) bond motifs is 4. The maximum absolute atomic E-state index is 15.6. The Balaban J connectivity index is 1.18. The molecule has 6 heterocycles. The van der Waals surface area contributed by atoms with E-state index in [0.717, 1.165) is 31.4 Å². The van der Waals surface area contributed by atoms with E-state index in [4.69, 9.17) is 9.72 Å². The summed E-state index contributed by atoms with van der Waals surface area (Å²) < 4.78 is 23.2. The van der Waals surface area contributed by atoms with Gasteiger partial charge >= 0.3 is 0 Å². The number of hydrogen-bond acceptors (Lipinski definition) is 8. The highest BCUT2D eigenvalue weighted by atomic mass is 19.1. The Labute approximate surface area is 234 Å². The van der Waals surface area contributed by atoms with Crippen LogP contribution in [0.15, 0.2) is 67.9 Å². The van der Waals surface area contributed by atoms with Gasteiger partial charge in [0.15, 0.2) is 17.3 Å². The summed E-state index contributed by atoms with van der Waals surface area (Å²) in [4.78, 5) is 32.5. The molecule has 3 unspecified atom stereocenters. The number of halogens is 1. The molecule has 3 atom stereocenters. The SMILES string of the molecule is C=CC(=O)N1C2CCCC1C(c1ccc3ncnc(Nc4ccc(Oc5ccn6ncnc6c5)c(C)c4F)c3n1)C2. The van der Waals surface area contributed by atoms with Gasteiger partial charge in [-0.25, -0.2) is 28.8 Å². The summed E-state index contributed by atoms with van der Waals surface area (Å²) in [5, 5.41) is 7.20. The van der Waals surface area contributed by atoms with E-state index in [1.54, 1.807) is 41.9 Å². The van der Waals surface area contributed by atoms with E-state index < -0.39 is 5.82 Å². The van der Waals surface area contributed by atoms with Crippen molar-refractivity contribution < 1.29 is 13.9 Å². The maximum Gasteiger partial charge on any atom is 0.246 e. The third kappa shape index (κ3) is 4.33. The number of piperidine rings is 1. The second-order valence-corrected chi connectivity index (χ2v) is 10.5. The summed E-state index contributed by atoms with van der Waals surface area (Å²) in [7, 11) is 0. The van der Waals surface area contributed by atoms with E-state index in [1.165, 1.54) is 18.7 Å². The van der Waals surface area contributed by atoms with E-state index in [9.17, 15) is 4.79 Å². The van der Waals surface area contributed by atoms with Gasteiger partial charge in [-0.05, 0) is 69.0 Å². The Morgan fingerprint density at radius 2 is 2.05 bits per heavy atom. The highest BCUT2D eigenvalue weighted by Crippen LogP contribution is 2.45. The van der Waals surface area contributed by atoms with Crippen molar-refractivity contribution in [2.75, 3.05) is 5.32 Å². The first-order chi connectivity index (χ1) is 20.0. The zero-order valence-electron chi connectivity index (χ0n) is 22.4. The highest BCUT2D eigenvalue weighted by Gasteiger charge is 2.46. The number of anilines is 2. The lowest BCUT2D eigenvalue weighted by molar-refractivity contribution is -0.130.